The number of rotatable bonds is 6. The Kier molecular flexibility index (Phi) is 6.27. The average Bonchev–Trinajstić information content (AvgIpc) is 2.94. The van der Waals surface area contributed by atoms with Crippen LogP contribution < -0.4 is 0 Å². The Labute approximate surface area is 177 Å². The van der Waals surface area contributed by atoms with Gasteiger partial charge in [-0.25, -0.2) is 0 Å². The van der Waals surface area contributed by atoms with E-state index in [9.17, 15) is 19.8 Å². The highest BCUT2D eigenvalue weighted by molar-refractivity contribution is 6.46. The molecule has 0 bridgehead atoms. The first-order valence-electron chi connectivity index (χ1n) is 10.0. The van der Waals surface area contributed by atoms with Gasteiger partial charge in [0, 0.05) is 12.1 Å². The molecule has 3 rings (SSSR count). The molecule has 1 fully saturated rings. The summed E-state index contributed by atoms with van der Waals surface area (Å²) in [4.78, 5) is 29.4. The van der Waals surface area contributed by atoms with Crippen molar-refractivity contribution in [2.45, 2.75) is 26.3 Å². The van der Waals surface area contributed by atoms with Gasteiger partial charge in [0.25, 0.3) is 11.7 Å². The highest BCUT2D eigenvalue weighted by Crippen LogP contribution is 2.40. The Morgan fingerprint density at radius 2 is 1.73 bits per heavy atom. The molecule has 1 amide bonds. The molecule has 1 saturated heterocycles. The number of aryl methyl sites for hydroxylation is 2. The van der Waals surface area contributed by atoms with Crippen LogP contribution in [0.5, 0.6) is 5.75 Å². The summed E-state index contributed by atoms with van der Waals surface area (Å²) in [6, 6.07) is 11.3. The first-order valence-corrected chi connectivity index (χ1v) is 10.0. The van der Waals surface area contributed by atoms with Crippen molar-refractivity contribution in [2.24, 2.45) is 0 Å². The number of likely N-dealkylation sites (tertiary alicyclic amines) is 1. The number of phenols is 1. The number of aliphatic hydroxyl groups is 1. The first kappa shape index (κ1) is 21.6. The lowest BCUT2D eigenvalue weighted by molar-refractivity contribution is -0.139. The number of Topliss-reactive ketones (excluding diaryl/α,β-unsaturated/α-hetero) is 1. The van der Waals surface area contributed by atoms with Gasteiger partial charge in [0.15, 0.2) is 0 Å². The van der Waals surface area contributed by atoms with E-state index in [1.165, 1.54) is 17.0 Å². The smallest absolute Gasteiger partial charge is 0.295 e. The molecule has 2 aromatic carbocycles. The van der Waals surface area contributed by atoms with Gasteiger partial charge in [0.2, 0.25) is 0 Å². The number of amides is 1. The number of hydrogen-bond acceptors (Lipinski definition) is 5. The fourth-order valence-electron chi connectivity index (χ4n) is 3.81. The van der Waals surface area contributed by atoms with Crippen LogP contribution in [-0.4, -0.2) is 58.9 Å². The van der Waals surface area contributed by atoms with Crippen molar-refractivity contribution in [3.05, 3.63) is 70.3 Å². The van der Waals surface area contributed by atoms with Crippen LogP contribution in [-0.2, 0) is 9.59 Å². The Balaban J connectivity index is 2.13. The number of carbonyl (C=O) groups is 2. The molecule has 0 aromatic heterocycles. The zero-order chi connectivity index (χ0) is 22.0. The van der Waals surface area contributed by atoms with Crippen LogP contribution in [0.4, 0.5) is 0 Å². The lowest BCUT2D eigenvalue weighted by atomic mass is 9.93. The molecule has 0 aliphatic carbocycles. The summed E-state index contributed by atoms with van der Waals surface area (Å²) in [5.41, 5.74) is 3.07. The van der Waals surface area contributed by atoms with Crippen molar-refractivity contribution in [2.75, 3.05) is 27.2 Å². The van der Waals surface area contributed by atoms with Crippen LogP contribution in [0.1, 0.15) is 34.7 Å². The van der Waals surface area contributed by atoms with Crippen LogP contribution in [0.25, 0.3) is 5.76 Å². The first-order chi connectivity index (χ1) is 14.2. The zero-order valence-corrected chi connectivity index (χ0v) is 17.8. The third-order valence-corrected chi connectivity index (χ3v) is 5.40. The summed E-state index contributed by atoms with van der Waals surface area (Å²) in [6.45, 7) is 4.92. The fourth-order valence-corrected chi connectivity index (χ4v) is 3.81. The van der Waals surface area contributed by atoms with Gasteiger partial charge in [-0.1, -0.05) is 29.8 Å². The number of benzene rings is 2. The average molecular weight is 408 g/mol. The Bertz CT molecular complexity index is 993. The maximum Gasteiger partial charge on any atom is 0.295 e. The van der Waals surface area contributed by atoms with Crippen molar-refractivity contribution in [1.82, 2.24) is 9.80 Å². The van der Waals surface area contributed by atoms with Crippen molar-refractivity contribution in [3.63, 3.8) is 0 Å². The van der Waals surface area contributed by atoms with Crippen LogP contribution in [0.2, 0.25) is 0 Å². The van der Waals surface area contributed by atoms with Gasteiger partial charge in [-0.05, 0) is 70.2 Å². The number of hydrogen-bond donors (Lipinski definition) is 2. The quantitative estimate of drug-likeness (QED) is 0.435. The van der Waals surface area contributed by atoms with Crippen molar-refractivity contribution in [1.29, 1.82) is 0 Å². The molecular weight excluding hydrogens is 380 g/mol. The number of carbonyl (C=O) groups excluding carboxylic acids is 2. The molecular formula is C24H28N2O4. The molecule has 1 aliphatic rings. The van der Waals surface area contributed by atoms with E-state index in [0.29, 0.717) is 24.1 Å². The third kappa shape index (κ3) is 4.24. The normalized spacial score (nSPS) is 18.4. The maximum absolute atomic E-state index is 13.0. The van der Waals surface area contributed by atoms with Gasteiger partial charge in [-0.3, -0.25) is 9.59 Å². The molecule has 2 N–H and O–H groups in total. The molecule has 6 heteroatoms. The minimum atomic E-state index is -0.701. The molecule has 0 spiro atoms. The van der Waals surface area contributed by atoms with Gasteiger partial charge in [0.1, 0.15) is 11.5 Å². The Hall–Kier alpha value is -3.12. The second-order valence-electron chi connectivity index (χ2n) is 8.06. The largest absolute Gasteiger partial charge is 0.508 e. The SMILES string of the molecule is Cc1ccc(C)c(C(O)=C2C(=O)C(=O)N(CCCN(C)C)C2c2ccc(O)cc2)c1. The molecule has 158 valence electrons. The van der Waals surface area contributed by atoms with E-state index in [0.717, 1.165) is 17.7 Å². The van der Waals surface area contributed by atoms with Crippen LogP contribution in [0.15, 0.2) is 48.0 Å². The van der Waals surface area contributed by atoms with Gasteiger partial charge in [-0.15, -0.1) is 0 Å². The minimum Gasteiger partial charge on any atom is -0.508 e. The standard InChI is InChI=1S/C24H28N2O4/c1-15-6-7-16(2)19(14-15)22(28)20-21(17-8-10-18(27)11-9-17)26(24(30)23(20)29)13-5-12-25(3)4/h6-11,14,21,27-28H,5,12-13H2,1-4H3. The number of nitrogens with zero attached hydrogens (tertiary/aromatic N) is 2. The van der Waals surface area contributed by atoms with E-state index in [-0.39, 0.29) is 17.1 Å². The number of aromatic hydroxyl groups is 1. The topological polar surface area (TPSA) is 81.1 Å². The molecule has 2 aromatic rings. The van der Waals surface area contributed by atoms with Crippen molar-refractivity contribution >= 4 is 17.4 Å². The monoisotopic (exact) mass is 408 g/mol. The summed E-state index contributed by atoms with van der Waals surface area (Å²) < 4.78 is 0. The van der Waals surface area contributed by atoms with Crippen molar-refractivity contribution in [3.8, 4) is 5.75 Å². The maximum atomic E-state index is 13.0. The van der Waals surface area contributed by atoms with Crippen LogP contribution in [0, 0.1) is 13.8 Å². The molecule has 30 heavy (non-hydrogen) atoms. The number of ketones is 1. The van der Waals surface area contributed by atoms with E-state index in [4.69, 9.17) is 0 Å². The highest BCUT2D eigenvalue weighted by Gasteiger charge is 2.45. The number of phenolic OH excluding ortho intramolecular Hbond substituents is 1. The highest BCUT2D eigenvalue weighted by atomic mass is 16.3. The summed E-state index contributed by atoms with van der Waals surface area (Å²) >= 11 is 0. The summed E-state index contributed by atoms with van der Waals surface area (Å²) in [6.07, 6.45) is 0.693. The van der Waals surface area contributed by atoms with E-state index >= 15 is 0 Å². The second kappa shape index (κ2) is 8.71. The van der Waals surface area contributed by atoms with Crippen molar-refractivity contribution < 1.29 is 19.8 Å². The zero-order valence-electron chi connectivity index (χ0n) is 17.8. The summed E-state index contributed by atoms with van der Waals surface area (Å²) in [5, 5.41) is 20.8. The molecule has 0 radical (unpaired) electrons. The third-order valence-electron chi connectivity index (χ3n) is 5.40. The van der Waals surface area contributed by atoms with Crippen LogP contribution in [0.3, 0.4) is 0 Å². The lowest BCUT2D eigenvalue weighted by Gasteiger charge is -2.26. The Morgan fingerprint density at radius 1 is 1.07 bits per heavy atom. The van der Waals surface area contributed by atoms with Gasteiger partial charge in [-0.2, -0.15) is 0 Å². The molecule has 1 unspecified atom stereocenters. The fraction of sp³-hybridized carbons (Fsp3) is 0.333. The number of aliphatic hydroxyl groups excluding tert-OH is 1. The minimum absolute atomic E-state index is 0.0873. The van der Waals surface area contributed by atoms with E-state index in [2.05, 4.69) is 0 Å². The van der Waals surface area contributed by atoms with Gasteiger partial charge < -0.3 is 20.0 Å². The predicted molar refractivity (Wildman–Crippen MR) is 116 cm³/mol. The predicted octanol–water partition coefficient (Wildman–Crippen LogP) is 3.38. The summed E-state index contributed by atoms with van der Waals surface area (Å²) in [7, 11) is 3.90. The van der Waals surface area contributed by atoms with E-state index in [1.54, 1.807) is 12.1 Å². The second-order valence-corrected chi connectivity index (χ2v) is 8.06. The molecule has 1 atom stereocenters. The molecule has 0 saturated carbocycles. The van der Waals surface area contributed by atoms with Gasteiger partial charge >= 0.3 is 0 Å². The summed E-state index contributed by atoms with van der Waals surface area (Å²) in [5.74, 6) is -1.37. The van der Waals surface area contributed by atoms with Crippen LogP contribution >= 0.6 is 0 Å². The van der Waals surface area contributed by atoms with E-state index < -0.39 is 17.7 Å². The molecule has 6 nitrogen and oxygen atoms in total. The molecule has 1 heterocycles. The Morgan fingerprint density at radius 3 is 2.37 bits per heavy atom. The van der Waals surface area contributed by atoms with Gasteiger partial charge in [0.05, 0.1) is 11.6 Å². The van der Waals surface area contributed by atoms with E-state index in [1.807, 2.05) is 51.0 Å². The molecule has 1 aliphatic heterocycles. The lowest BCUT2D eigenvalue weighted by Crippen LogP contribution is -2.32.